The Labute approximate surface area is 115 Å². The predicted molar refractivity (Wildman–Crippen MR) is 71.7 cm³/mol. The van der Waals surface area contributed by atoms with Crippen LogP contribution in [0.1, 0.15) is 10.5 Å². The molecule has 2 aromatic rings. The zero-order valence-corrected chi connectivity index (χ0v) is 11.2. The van der Waals surface area contributed by atoms with Crippen molar-refractivity contribution in [1.29, 1.82) is 0 Å². The molecule has 106 valence electrons. The average molecular weight is 277 g/mol. The number of hydrogen-bond donors (Lipinski definition) is 1. The second-order valence-electron chi connectivity index (χ2n) is 4.97. The lowest BCUT2D eigenvalue weighted by Gasteiger charge is -2.32. The fourth-order valence-corrected chi connectivity index (χ4v) is 2.19. The molecule has 1 N–H and O–H groups in total. The van der Waals surface area contributed by atoms with Gasteiger partial charge < -0.3 is 9.30 Å². The maximum Gasteiger partial charge on any atom is 0.285 e. The number of piperazine rings is 1. The number of carbonyl (C=O) groups is 1. The normalized spacial score (nSPS) is 17.5. The third-order valence-electron chi connectivity index (χ3n) is 3.41. The first kappa shape index (κ1) is 13.0. The summed E-state index contributed by atoms with van der Waals surface area (Å²) in [6.45, 7) is 3.39. The summed E-state index contributed by atoms with van der Waals surface area (Å²) in [7, 11) is 2.05. The predicted octanol–water partition coefficient (Wildman–Crippen LogP) is 0.366. The topological polar surface area (TPSA) is 52.9 Å². The van der Waals surface area contributed by atoms with Crippen molar-refractivity contribution in [2.75, 3.05) is 33.2 Å². The number of pyridine rings is 1. The Morgan fingerprint density at radius 2 is 2.00 bits per heavy atom. The van der Waals surface area contributed by atoms with Crippen molar-refractivity contribution < 1.29 is 9.18 Å². The number of nitrogens with one attached hydrogen (secondary N) is 1. The molecule has 1 aliphatic rings. The van der Waals surface area contributed by atoms with E-state index in [-0.39, 0.29) is 17.4 Å². The van der Waals surface area contributed by atoms with E-state index in [0.717, 1.165) is 26.2 Å². The number of halogens is 1. The number of fused-ring (bicyclic) bond motifs is 1. The highest BCUT2D eigenvalue weighted by molar-refractivity contribution is 5.92. The molecule has 2 aromatic heterocycles. The smallest absolute Gasteiger partial charge is 0.285 e. The average Bonchev–Trinajstić information content (AvgIpc) is 2.84. The molecule has 1 aliphatic heterocycles. The van der Waals surface area contributed by atoms with Crippen LogP contribution in [0, 0.1) is 5.82 Å². The van der Waals surface area contributed by atoms with E-state index in [1.165, 1.54) is 22.9 Å². The molecule has 0 aliphatic carbocycles. The Morgan fingerprint density at radius 3 is 2.75 bits per heavy atom. The van der Waals surface area contributed by atoms with E-state index in [1.807, 2.05) is 5.01 Å². The summed E-state index contributed by atoms with van der Waals surface area (Å²) in [5.41, 5.74) is 3.67. The molecule has 0 unspecified atom stereocenters. The van der Waals surface area contributed by atoms with Crippen molar-refractivity contribution in [3.05, 3.63) is 36.0 Å². The van der Waals surface area contributed by atoms with Gasteiger partial charge in [0.05, 0.1) is 0 Å². The van der Waals surface area contributed by atoms with Gasteiger partial charge in [0, 0.05) is 38.6 Å². The lowest BCUT2D eigenvalue weighted by molar-refractivity contribution is 0.0658. The fourth-order valence-electron chi connectivity index (χ4n) is 2.19. The zero-order chi connectivity index (χ0) is 14.1. The van der Waals surface area contributed by atoms with Gasteiger partial charge >= 0.3 is 0 Å². The number of imidazole rings is 1. The van der Waals surface area contributed by atoms with E-state index in [9.17, 15) is 9.18 Å². The highest BCUT2D eigenvalue weighted by atomic mass is 19.1. The van der Waals surface area contributed by atoms with Gasteiger partial charge in [0.25, 0.3) is 5.91 Å². The molecule has 20 heavy (non-hydrogen) atoms. The third kappa shape index (κ3) is 2.63. The number of aromatic nitrogens is 2. The van der Waals surface area contributed by atoms with Gasteiger partial charge in [-0.2, -0.15) is 0 Å². The highest BCUT2D eigenvalue weighted by Gasteiger charge is 2.18. The highest BCUT2D eigenvalue weighted by Crippen LogP contribution is 2.07. The molecule has 1 fully saturated rings. The van der Waals surface area contributed by atoms with Crippen molar-refractivity contribution in [2.45, 2.75) is 0 Å². The Balaban J connectivity index is 1.72. The number of carbonyl (C=O) groups excluding carboxylic acids is 1. The molecular formula is C13H16FN5O. The van der Waals surface area contributed by atoms with Crippen LogP contribution in [0.3, 0.4) is 0 Å². The van der Waals surface area contributed by atoms with Gasteiger partial charge in [0.2, 0.25) is 0 Å². The van der Waals surface area contributed by atoms with Gasteiger partial charge in [0.1, 0.15) is 17.2 Å². The summed E-state index contributed by atoms with van der Waals surface area (Å²) in [6.07, 6.45) is 2.83. The van der Waals surface area contributed by atoms with Crippen LogP contribution in [-0.4, -0.2) is 58.4 Å². The van der Waals surface area contributed by atoms with E-state index in [4.69, 9.17) is 0 Å². The maximum absolute atomic E-state index is 13.1. The van der Waals surface area contributed by atoms with Crippen LogP contribution in [-0.2, 0) is 0 Å². The Morgan fingerprint density at radius 1 is 1.25 bits per heavy atom. The van der Waals surface area contributed by atoms with Crippen molar-refractivity contribution in [1.82, 2.24) is 24.7 Å². The second-order valence-corrected chi connectivity index (χ2v) is 4.97. The lowest BCUT2D eigenvalue weighted by atomic mass is 10.4. The molecule has 3 heterocycles. The quantitative estimate of drug-likeness (QED) is 0.861. The van der Waals surface area contributed by atoms with Crippen molar-refractivity contribution in [2.24, 2.45) is 0 Å². The van der Waals surface area contributed by atoms with E-state index in [0.29, 0.717) is 5.65 Å². The number of nitrogens with zero attached hydrogens (tertiary/aromatic N) is 4. The van der Waals surface area contributed by atoms with Crippen molar-refractivity contribution in [3.8, 4) is 0 Å². The monoisotopic (exact) mass is 277 g/mol. The lowest BCUT2D eigenvalue weighted by Crippen LogP contribution is -2.52. The van der Waals surface area contributed by atoms with Gasteiger partial charge in [-0.05, 0) is 19.2 Å². The van der Waals surface area contributed by atoms with Crippen LogP contribution in [0.15, 0.2) is 24.5 Å². The largest absolute Gasteiger partial charge is 0.304 e. The summed E-state index contributed by atoms with van der Waals surface area (Å²) in [5.74, 6) is -0.625. The zero-order valence-electron chi connectivity index (χ0n) is 11.2. The first-order valence-corrected chi connectivity index (χ1v) is 6.50. The molecule has 0 saturated carbocycles. The van der Waals surface area contributed by atoms with Gasteiger partial charge in [-0.3, -0.25) is 10.2 Å². The molecule has 6 nitrogen and oxygen atoms in total. The van der Waals surface area contributed by atoms with E-state index in [1.54, 1.807) is 6.07 Å². The van der Waals surface area contributed by atoms with Crippen LogP contribution in [0.4, 0.5) is 4.39 Å². The minimum Gasteiger partial charge on any atom is -0.304 e. The number of likely N-dealkylation sites (N-methyl/N-ethyl adjacent to an activating group) is 1. The molecule has 7 heteroatoms. The summed E-state index contributed by atoms with van der Waals surface area (Å²) in [4.78, 5) is 18.5. The summed E-state index contributed by atoms with van der Waals surface area (Å²) in [5, 5.41) is 1.88. The molecule has 1 amide bonds. The first-order chi connectivity index (χ1) is 9.61. The Bertz CT molecular complexity index is 633. The van der Waals surface area contributed by atoms with Gasteiger partial charge in [-0.15, -0.1) is 0 Å². The van der Waals surface area contributed by atoms with Crippen molar-refractivity contribution in [3.63, 3.8) is 0 Å². The number of hydrogen-bond acceptors (Lipinski definition) is 4. The number of hydrazine groups is 1. The number of amides is 1. The molecule has 0 radical (unpaired) electrons. The van der Waals surface area contributed by atoms with Crippen molar-refractivity contribution >= 4 is 11.6 Å². The molecular weight excluding hydrogens is 261 g/mol. The Kier molecular flexibility index (Phi) is 3.37. The van der Waals surface area contributed by atoms with Crippen LogP contribution in [0.25, 0.3) is 5.65 Å². The number of rotatable bonds is 2. The molecule has 0 atom stereocenters. The van der Waals surface area contributed by atoms with Gasteiger partial charge in [-0.25, -0.2) is 14.4 Å². The van der Waals surface area contributed by atoms with Crippen LogP contribution in [0.2, 0.25) is 0 Å². The minimum atomic E-state index is -0.360. The van der Waals surface area contributed by atoms with E-state index >= 15 is 0 Å². The molecule has 1 saturated heterocycles. The maximum atomic E-state index is 13.1. The molecule has 0 aromatic carbocycles. The Hall–Kier alpha value is -1.99. The summed E-state index contributed by atoms with van der Waals surface area (Å²) in [6, 6.07) is 2.87. The van der Waals surface area contributed by atoms with Gasteiger partial charge in [-0.1, -0.05) is 0 Å². The first-order valence-electron chi connectivity index (χ1n) is 6.50. The van der Waals surface area contributed by atoms with Crippen LogP contribution >= 0.6 is 0 Å². The summed E-state index contributed by atoms with van der Waals surface area (Å²) >= 11 is 0. The SMILES string of the molecule is CN1CCN(NC(=O)c2cn3cc(F)ccc3n2)CC1. The molecule has 3 rings (SSSR count). The minimum absolute atomic E-state index is 0.265. The second kappa shape index (κ2) is 5.18. The fraction of sp³-hybridized carbons (Fsp3) is 0.385. The van der Waals surface area contributed by atoms with Crippen LogP contribution in [0.5, 0.6) is 0 Å². The standard InChI is InChI=1S/C13H16FN5O/c1-17-4-6-19(7-5-17)16-13(20)11-9-18-8-10(14)2-3-12(18)15-11/h2-3,8-9H,4-7H2,1H3,(H,16,20). The summed E-state index contributed by atoms with van der Waals surface area (Å²) < 4.78 is 14.6. The molecule has 0 bridgehead atoms. The van der Waals surface area contributed by atoms with E-state index in [2.05, 4.69) is 22.4 Å². The van der Waals surface area contributed by atoms with Gasteiger partial charge in [0.15, 0.2) is 0 Å². The van der Waals surface area contributed by atoms with Crippen LogP contribution < -0.4 is 5.43 Å². The third-order valence-corrected chi connectivity index (χ3v) is 3.41. The van der Waals surface area contributed by atoms with E-state index < -0.39 is 0 Å². The molecule has 0 spiro atoms.